The molecule has 334 valence electrons. The molecule has 0 spiro atoms. The van der Waals surface area contributed by atoms with Crippen LogP contribution in [0.25, 0.3) is 0 Å². The summed E-state index contributed by atoms with van der Waals surface area (Å²) in [6.45, 7) is 4.56. The fourth-order valence-electron chi connectivity index (χ4n) is 9.57. The zero-order chi connectivity index (χ0) is 45.6. The molecule has 6 aromatic carbocycles. The van der Waals surface area contributed by atoms with Gasteiger partial charge in [0.1, 0.15) is 0 Å². The van der Waals surface area contributed by atoms with E-state index in [4.69, 9.17) is 32.7 Å². The number of aliphatic imine (C=N–C) groups is 2. The molecule has 0 radical (unpaired) electrons. The van der Waals surface area contributed by atoms with Gasteiger partial charge in [0.05, 0.1) is 42.1 Å². The number of terminal acetylenes is 1. The lowest BCUT2D eigenvalue weighted by Gasteiger charge is -2.43. The van der Waals surface area contributed by atoms with Gasteiger partial charge in [0, 0.05) is 83.0 Å². The van der Waals surface area contributed by atoms with Gasteiger partial charge < -0.3 is 4.74 Å². The van der Waals surface area contributed by atoms with Gasteiger partial charge in [-0.15, -0.1) is 6.42 Å². The number of nitrogens with one attached hydrogen (secondary N) is 2. The minimum absolute atomic E-state index is 0.0138. The third kappa shape index (κ3) is 8.75. The first-order valence-electron chi connectivity index (χ1n) is 22.9. The standard InChI is InChI=1S/C55H47ClN6O3S2/c1-3-47-39(22-16-33(2)62(47)60-55(64)37-21-25-50-46(32-37)58-53(41-12-6-8-14-44(41)56)42-13-7-9-15-48(42)66-50)35-19-23-49-43(30-35)52(40-11-5-4-10-38(40)34-17-18-34)57-45-31-36(20-24-51(45)67-49)54(63)59-61-26-28-65-29-27-61/h1,4-15,19-21,23-25,30-34,39,47H,16-18,22,26-29H2,2H3,(H,59,63)(H,60,64)/t33-,39?,47+/m0/s1. The van der Waals surface area contributed by atoms with Crippen LogP contribution >= 0.6 is 35.1 Å². The minimum atomic E-state index is -0.427. The summed E-state index contributed by atoms with van der Waals surface area (Å²) < 4.78 is 5.49. The molecule has 0 bridgehead atoms. The number of hydrazine groups is 2. The van der Waals surface area contributed by atoms with Crippen LogP contribution in [-0.4, -0.2) is 71.6 Å². The lowest BCUT2D eigenvalue weighted by molar-refractivity contribution is 0.0126. The third-order valence-corrected chi connectivity index (χ3v) is 15.9. The quantitative estimate of drug-likeness (QED) is 0.146. The van der Waals surface area contributed by atoms with Crippen LogP contribution in [-0.2, 0) is 4.74 Å². The molecule has 3 atom stereocenters. The average Bonchev–Trinajstić information content (AvgIpc) is 4.23. The normalized spacial score (nSPS) is 20.3. The van der Waals surface area contributed by atoms with Crippen LogP contribution in [0.1, 0.15) is 98.5 Å². The molecule has 6 aromatic rings. The molecule has 1 saturated carbocycles. The molecule has 12 heteroatoms. The number of amides is 2. The minimum Gasteiger partial charge on any atom is -0.379 e. The van der Waals surface area contributed by atoms with E-state index in [1.807, 2.05) is 82.8 Å². The Morgan fingerprint density at radius 1 is 0.672 bits per heavy atom. The van der Waals surface area contributed by atoms with E-state index in [2.05, 4.69) is 78.3 Å². The van der Waals surface area contributed by atoms with Crippen LogP contribution in [0.15, 0.2) is 157 Å². The molecule has 4 heterocycles. The van der Waals surface area contributed by atoms with E-state index in [0.29, 0.717) is 54.1 Å². The summed E-state index contributed by atoms with van der Waals surface area (Å²) in [7, 11) is 0. The van der Waals surface area contributed by atoms with Gasteiger partial charge in [-0.2, -0.15) is 0 Å². The third-order valence-electron chi connectivity index (χ3n) is 13.3. The van der Waals surface area contributed by atoms with Gasteiger partial charge in [0.15, 0.2) is 0 Å². The maximum atomic E-state index is 14.4. The molecule has 67 heavy (non-hydrogen) atoms. The number of piperidine rings is 1. The Balaban J connectivity index is 0.910. The van der Waals surface area contributed by atoms with E-state index in [1.165, 1.54) is 5.56 Å². The second kappa shape index (κ2) is 18.6. The van der Waals surface area contributed by atoms with Gasteiger partial charge in [-0.25, -0.2) is 20.0 Å². The molecule has 2 saturated heterocycles. The Morgan fingerprint density at radius 3 is 1.96 bits per heavy atom. The molecule has 1 aliphatic carbocycles. The zero-order valence-corrected chi connectivity index (χ0v) is 39.3. The highest BCUT2D eigenvalue weighted by molar-refractivity contribution is 7.99. The highest BCUT2D eigenvalue weighted by Crippen LogP contribution is 2.47. The number of halogens is 1. The van der Waals surface area contributed by atoms with Crippen molar-refractivity contribution in [1.29, 1.82) is 0 Å². The molecule has 3 fully saturated rings. The number of hydrogen-bond donors (Lipinski definition) is 2. The number of ether oxygens (including phenoxy) is 1. The maximum Gasteiger partial charge on any atom is 0.265 e. The van der Waals surface area contributed by atoms with Crippen molar-refractivity contribution in [2.24, 2.45) is 9.98 Å². The fraction of sp³-hybridized carbons (Fsp3) is 0.236. The monoisotopic (exact) mass is 938 g/mol. The van der Waals surface area contributed by atoms with Crippen molar-refractivity contribution in [3.63, 3.8) is 0 Å². The van der Waals surface area contributed by atoms with Gasteiger partial charge >= 0.3 is 0 Å². The molecular formula is C55H47ClN6O3S2. The summed E-state index contributed by atoms with van der Waals surface area (Å²) in [5.41, 5.74) is 16.8. The zero-order valence-electron chi connectivity index (χ0n) is 36.9. The van der Waals surface area contributed by atoms with Crippen molar-refractivity contribution in [1.82, 2.24) is 20.9 Å². The number of hydrogen-bond acceptors (Lipinski definition) is 9. The number of carbonyl (C=O) groups is 2. The van der Waals surface area contributed by atoms with Crippen molar-refractivity contribution in [3.05, 3.63) is 177 Å². The molecule has 0 aromatic heterocycles. The molecule has 5 aliphatic rings. The summed E-state index contributed by atoms with van der Waals surface area (Å²) in [5, 5.41) is 4.49. The Labute approximate surface area is 404 Å². The van der Waals surface area contributed by atoms with Gasteiger partial charge in [-0.3, -0.25) is 20.4 Å². The van der Waals surface area contributed by atoms with Gasteiger partial charge in [-0.05, 0) is 110 Å². The van der Waals surface area contributed by atoms with Gasteiger partial charge in [0.2, 0.25) is 0 Å². The number of rotatable bonds is 8. The predicted octanol–water partition coefficient (Wildman–Crippen LogP) is 11.4. The number of nitrogens with zero attached hydrogens (tertiary/aromatic N) is 4. The second-order valence-electron chi connectivity index (χ2n) is 17.6. The van der Waals surface area contributed by atoms with E-state index >= 15 is 0 Å². The largest absolute Gasteiger partial charge is 0.379 e. The first-order valence-corrected chi connectivity index (χ1v) is 24.9. The number of morpholine rings is 1. The summed E-state index contributed by atoms with van der Waals surface area (Å²) in [6, 6.07) is 42.2. The molecule has 11 rings (SSSR count). The first kappa shape index (κ1) is 43.6. The van der Waals surface area contributed by atoms with E-state index in [0.717, 1.165) is 90.2 Å². The van der Waals surface area contributed by atoms with Crippen LogP contribution in [0.5, 0.6) is 0 Å². The smallest absolute Gasteiger partial charge is 0.265 e. The number of carbonyl (C=O) groups excluding carboxylic acids is 2. The molecule has 2 N–H and O–H groups in total. The Morgan fingerprint density at radius 2 is 1.27 bits per heavy atom. The molecule has 2 amide bonds. The summed E-state index contributed by atoms with van der Waals surface area (Å²) in [5.74, 6) is 3.09. The Hall–Kier alpha value is -5.97. The molecule has 9 nitrogen and oxygen atoms in total. The van der Waals surface area contributed by atoms with Crippen LogP contribution in [0.3, 0.4) is 0 Å². The van der Waals surface area contributed by atoms with E-state index in [9.17, 15) is 9.59 Å². The lowest BCUT2D eigenvalue weighted by Crippen LogP contribution is -2.57. The SMILES string of the molecule is C#C[C@@H]1C(c2ccc3c(c2)C(c2ccccc2C2CC2)=Nc2cc(C(=O)NN4CCOCC4)ccc2S3)CC[C@H](C)N1NC(=O)c1ccc2c(c1)N=C(c1ccccc1Cl)c1ccccc1S2. The Kier molecular flexibility index (Phi) is 12.1. The second-order valence-corrected chi connectivity index (χ2v) is 20.2. The highest BCUT2D eigenvalue weighted by Gasteiger charge is 2.38. The first-order chi connectivity index (χ1) is 32.8. The molecule has 4 aliphatic heterocycles. The van der Waals surface area contributed by atoms with E-state index in [1.54, 1.807) is 23.5 Å². The molecule has 1 unspecified atom stereocenters. The van der Waals surface area contributed by atoms with E-state index in [-0.39, 0.29) is 23.8 Å². The van der Waals surface area contributed by atoms with Crippen molar-refractivity contribution in [2.75, 3.05) is 26.3 Å². The van der Waals surface area contributed by atoms with Crippen LogP contribution in [0.2, 0.25) is 5.02 Å². The number of fused-ring (bicyclic) bond motifs is 4. The van der Waals surface area contributed by atoms with Crippen molar-refractivity contribution >= 4 is 69.7 Å². The van der Waals surface area contributed by atoms with Gasteiger partial charge in [-0.1, -0.05) is 108 Å². The maximum absolute atomic E-state index is 14.4. The van der Waals surface area contributed by atoms with Crippen molar-refractivity contribution in [2.45, 2.75) is 76.1 Å². The van der Waals surface area contributed by atoms with Crippen LogP contribution in [0, 0.1) is 12.3 Å². The Bertz CT molecular complexity index is 3060. The van der Waals surface area contributed by atoms with Crippen LogP contribution < -0.4 is 10.9 Å². The lowest BCUT2D eigenvalue weighted by atomic mass is 9.81. The van der Waals surface area contributed by atoms with Gasteiger partial charge in [0.25, 0.3) is 11.8 Å². The van der Waals surface area contributed by atoms with E-state index < -0.39 is 6.04 Å². The summed E-state index contributed by atoms with van der Waals surface area (Å²) in [6.07, 6.45) is 10.4. The summed E-state index contributed by atoms with van der Waals surface area (Å²) in [4.78, 5) is 42.7. The fourth-order valence-corrected chi connectivity index (χ4v) is 11.8. The number of benzene rings is 6. The topological polar surface area (TPSA) is 98.6 Å². The van der Waals surface area contributed by atoms with Crippen molar-refractivity contribution in [3.8, 4) is 12.3 Å². The van der Waals surface area contributed by atoms with Crippen molar-refractivity contribution < 1.29 is 14.3 Å². The predicted molar refractivity (Wildman–Crippen MR) is 268 cm³/mol. The average molecular weight is 940 g/mol. The van der Waals surface area contributed by atoms with Crippen LogP contribution in [0.4, 0.5) is 11.4 Å². The molecular weight excluding hydrogens is 892 g/mol. The highest BCUT2D eigenvalue weighted by atomic mass is 35.5. The summed E-state index contributed by atoms with van der Waals surface area (Å²) >= 11 is 10.0.